The second-order valence-corrected chi connectivity index (χ2v) is 9.85. The van der Waals surface area contributed by atoms with Crippen LogP contribution in [0.4, 0.5) is 17.6 Å². The van der Waals surface area contributed by atoms with Crippen molar-refractivity contribution in [1.82, 2.24) is 30.0 Å². The van der Waals surface area contributed by atoms with Crippen molar-refractivity contribution in [3.8, 4) is 11.3 Å². The van der Waals surface area contributed by atoms with Crippen LogP contribution < -0.4 is 0 Å². The lowest BCUT2D eigenvalue weighted by Crippen LogP contribution is -2.57. The molecule has 5 rings (SSSR count). The van der Waals surface area contributed by atoms with Crippen LogP contribution in [0.2, 0.25) is 5.02 Å². The Balaban J connectivity index is 1.42. The van der Waals surface area contributed by atoms with Gasteiger partial charge >= 0.3 is 0 Å². The predicted octanol–water partition coefficient (Wildman–Crippen LogP) is 2.75. The number of benzene rings is 1. The first kappa shape index (κ1) is 26.9. The molecule has 2 aromatic heterocycles. The zero-order valence-electron chi connectivity index (χ0n) is 20.1. The van der Waals surface area contributed by atoms with Crippen LogP contribution in [0, 0.1) is 11.6 Å². The van der Waals surface area contributed by atoms with Gasteiger partial charge in [0.25, 0.3) is 5.92 Å². The smallest absolute Gasteiger partial charge is 0.270 e. The number of hydrogen-bond donors (Lipinski definition) is 2. The molecule has 1 saturated heterocycles. The maximum atomic E-state index is 14.5. The highest BCUT2D eigenvalue weighted by Crippen LogP contribution is 2.43. The lowest BCUT2D eigenvalue weighted by Gasteiger charge is -2.43. The first-order valence-corrected chi connectivity index (χ1v) is 12.3. The second-order valence-electron chi connectivity index (χ2n) is 9.45. The molecule has 15 heteroatoms. The Morgan fingerprint density at radius 2 is 1.89 bits per heavy atom. The van der Waals surface area contributed by atoms with Crippen LogP contribution in [-0.4, -0.2) is 84.3 Å². The first-order chi connectivity index (χ1) is 18.1. The number of aromatic nitrogens is 6. The quantitative estimate of drug-likeness (QED) is 0.334. The summed E-state index contributed by atoms with van der Waals surface area (Å²) >= 11 is 5.63. The minimum Gasteiger partial charge on any atom is -0.394 e. The fourth-order valence-corrected chi connectivity index (χ4v) is 5.35. The van der Waals surface area contributed by atoms with E-state index in [1.165, 1.54) is 36.3 Å². The van der Waals surface area contributed by atoms with Gasteiger partial charge in [0, 0.05) is 31.7 Å². The molecule has 1 aromatic carbocycles. The average molecular weight is 561 g/mol. The van der Waals surface area contributed by atoms with Crippen molar-refractivity contribution in [2.45, 2.75) is 68.1 Å². The molecule has 0 radical (unpaired) electrons. The number of aliphatic hydroxyl groups excluding tert-OH is 2. The Bertz CT molecular complexity index is 1290. The highest BCUT2D eigenvalue weighted by Gasteiger charge is 2.48. The van der Waals surface area contributed by atoms with Crippen molar-refractivity contribution in [2.75, 3.05) is 13.7 Å². The summed E-state index contributed by atoms with van der Waals surface area (Å²) in [4.78, 5) is 0. The van der Waals surface area contributed by atoms with Gasteiger partial charge in [0.05, 0.1) is 29.6 Å². The maximum absolute atomic E-state index is 14.5. The van der Waals surface area contributed by atoms with Gasteiger partial charge in [0.15, 0.2) is 11.6 Å². The minimum absolute atomic E-state index is 0.0239. The van der Waals surface area contributed by atoms with E-state index >= 15 is 0 Å². The van der Waals surface area contributed by atoms with Gasteiger partial charge in [0.1, 0.15) is 36.1 Å². The summed E-state index contributed by atoms with van der Waals surface area (Å²) in [7, 11) is 1.38. The lowest BCUT2D eigenvalue weighted by atomic mass is 9.90. The van der Waals surface area contributed by atoms with Gasteiger partial charge in [-0.05, 0) is 25.0 Å². The normalized spacial score (nSPS) is 29.2. The third-order valence-electron chi connectivity index (χ3n) is 7.13. The number of ether oxygens (including phenoxy) is 2. The van der Waals surface area contributed by atoms with Gasteiger partial charge < -0.3 is 19.7 Å². The van der Waals surface area contributed by atoms with Crippen LogP contribution in [-0.2, 0) is 15.9 Å². The topological polar surface area (TPSA) is 120 Å². The molecule has 6 atom stereocenters. The Labute approximate surface area is 219 Å². The van der Waals surface area contributed by atoms with Crippen LogP contribution in [0.15, 0.2) is 24.5 Å². The summed E-state index contributed by atoms with van der Waals surface area (Å²) in [5.74, 6) is -5.32. The molecule has 1 aliphatic heterocycles. The van der Waals surface area contributed by atoms with E-state index in [4.69, 9.17) is 21.1 Å². The average Bonchev–Trinajstić information content (AvgIpc) is 3.63. The van der Waals surface area contributed by atoms with E-state index in [9.17, 15) is 27.8 Å². The molecule has 2 fully saturated rings. The standard InChI is InChI=1S/C23H25ClF4N6O4/c1-37-22-15(7-11-8-33(31-29-11)17-3-2-6-23(17,27)28)38-16(10-35)21(36)20(22)34-9-14(30-32-34)12-4-5-13(24)19(26)18(12)25/h4-5,8-9,15-17,20-22,35-36H,2-3,6-7,10H2,1H3/t15-,16-,17-,20+,21+,22+/m1/s1. The minimum atomic E-state index is -2.88. The van der Waals surface area contributed by atoms with Gasteiger partial charge in [-0.3, -0.25) is 0 Å². The number of aliphatic hydroxyl groups is 2. The molecular weight excluding hydrogens is 536 g/mol. The maximum Gasteiger partial charge on any atom is 0.270 e. The number of alkyl halides is 2. The molecule has 0 amide bonds. The monoisotopic (exact) mass is 560 g/mol. The van der Waals surface area contributed by atoms with E-state index in [1.54, 1.807) is 0 Å². The fourth-order valence-electron chi connectivity index (χ4n) is 5.20. The van der Waals surface area contributed by atoms with Crippen LogP contribution >= 0.6 is 11.6 Å². The molecule has 0 spiro atoms. The van der Waals surface area contributed by atoms with Gasteiger partial charge in [-0.1, -0.05) is 22.0 Å². The number of halogens is 5. The lowest BCUT2D eigenvalue weighted by molar-refractivity contribution is -0.212. The number of hydrogen-bond acceptors (Lipinski definition) is 8. The van der Waals surface area contributed by atoms with Crippen LogP contribution in [0.25, 0.3) is 11.3 Å². The summed E-state index contributed by atoms with van der Waals surface area (Å²) in [5, 5.41) is 36.3. The highest BCUT2D eigenvalue weighted by molar-refractivity contribution is 6.30. The van der Waals surface area contributed by atoms with Crippen molar-refractivity contribution in [2.24, 2.45) is 0 Å². The first-order valence-electron chi connectivity index (χ1n) is 12.0. The molecule has 1 saturated carbocycles. The van der Waals surface area contributed by atoms with Crippen molar-refractivity contribution in [3.05, 3.63) is 46.9 Å². The second kappa shape index (κ2) is 10.5. The van der Waals surface area contributed by atoms with E-state index in [0.29, 0.717) is 12.1 Å². The Morgan fingerprint density at radius 1 is 1.13 bits per heavy atom. The van der Waals surface area contributed by atoms with Crippen LogP contribution in [0.5, 0.6) is 0 Å². The Hall–Kier alpha value is -2.65. The molecule has 2 aliphatic rings. The van der Waals surface area contributed by atoms with Gasteiger partial charge in [-0.15, -0.1) is 10.2 Å². The molecule has 2 N–H and O–H groups in total. The molecule has 206 valence electrons. The summed E-state index contributed by atoms with van der Waals surface area (Å²) in [6.07, 6.45) is -0.828. The largest absolute Gasteiger partial charge is 0.394 e. The van der Waals surface area contributed by atoms with Gasteiger partial charge in [0.2, 0.25) is 0 Å². The molecule has 0 bridgehead atoms. The van der Waals surface area contributed by atoms with E-state index in [0.717, 1.165) is 4.68 Å². The SMILES string of the molecule is CO[C@@H]1[C@@H](n2cc(-c3ccc(Cl)c(F)c3F)nn2)[C@@H](O)[C@@H](CO)O[C@@H]1Cc1cn([C@@H]2CCCC2(F)F)nn1. The predicted molar refractivity (Wildman–Crippen MR) is 124 cm³/mol. The Kier molecular flexibility index (Phi) is 7.44. The fraction of sp³-hybridized carbons (Fsp3) is 0.565. The number of methoxy groups -OCH3 is 1. The van der Waals surface area contributed by atoms with Crippen LogP contribution in [0.1, 0.15) is 37.0 Å². The highest BCUT2D eigenvalue weighted by atomic mass is 35.5. The molecule has 10 nitrogen and oxygen atoms in total. The van der Waals surface area contributed by atoms with E-state index < -0.39 is 60.7 Å². The number of nitrogens with zero attached hydrogens (tertiary/aromatic N) is 6. The van der Waals surface area contributed by atoms with Crippen LogP contribution in [0.3, 0.4) is 0 Å². The number of rotatable bonds is 7. The summed E-state index contributed by atoms with van der Waals surface area (Å²) < 4.78 is 70.8. The third-order valence-corrected chi connectivity index (χ3v) is 7.42. The van der Waals surface area contributed by atoms with Crippen molar-refractivity contribution < 1.29 is 37.2 Å². The molecule has 3 aromatic rings. The Morgan fingerprint density at radius 3 is 2.58 bits per heavy atom. The molecule has 0 unspecified atom stereocenters. The summed E-state index contributed by atoms with van der Waals surface area (Å²) in [6, 6.07) is 0.384. The van der Waals surface area contributed by atoms with E-state index in [-0.39, 0.29) is 35.5 Å². The van der Waals surface area contributed by atoms with E-state index in [1.807, 2.05) is 0 Å². The third kappa shape index (κ3) is 4.79. The van der Waals surface area contributed by atoms with Gasteiger partial charge in [-0.2, -0.15) is 0 Å². The molecular formula is C23H25ClF4N6O4. The summed E-state index contributed by atoms with van der Waals surface area (Å²) in [5.41, 5.74) is 0.137. The van der Waals surface area contributed by atoms with Crippen molar-refractivity contribution in [1.29, 1.82) is 0 Å². The summed E-state index contributed by atoms with van der Waals surface area (Å²) in [6.45, 7) is -0.551. The molecule has 3 heterocycles. The molecule has 1 aliphatic carbocycles. The van der Waals surface area contributed by atoms with Crippen molar-refractivity contribution in [3.63, 3.8) is 0 Å². The van der Waals surface area contributed by atoms with Gasteiger partial charge in [-0.25, -0.2) is 26.9 Å². The zero-order chi connectivity index (χ0) is 27.2. The molecule has 38 heavy (non-hydrogen) atoms. The zero-order valence-corrected chi connectivity index (χ0v) is 20.8. The van der Waals surface area contributed by atoms with Crippen molar-refractivity contribution >= 4 is 11.6 Å². The van der Waals surface area contributed by atoms with E-state index in [2.05, 4.69) is 20.6 Å².